The Hall–Kier alpha value is -1.56. The lowest BCUT2D eigenvalue weighted by Crippen LogP contribution is -2.47. The van der Waals surface area contributed by atoms with Gasteiger partial charge in [-0.2, -0.15) is 0 Å². The lowest BCUT2D eigenvalue weighted by atomic mass is 9.99. The van der Waals surface area contributed by atoms with Crippen LogP contribution in [0.2, 0.25) is 0 Å². The zero-order chi connectivity index (χ0) is 15.4. The number of piperidine rings is 1. The fraction of sp³-hybridized carbons (Fsp3) is 0.467. The van der Waals surface area contributed by atoms with Gasteiger partial charge in [-0.3, -0.25) is 4.79 Å². The van der Waals surface area contributed by atoms with Crippen molar-refractivity contribution >= 4 is 27.9 Å². The predicted octanol–water partition coefficient (Wildman–Crippen LogP) is 2.80. The van der Waals surface area contributed by atoms with Gasteiger partial charge in [-0.15, -0.1) is 0 Å². The third kappa shape index (κ3) is 4.20. The van der Waals surface area contributed by atoms with E-state index in [2.05, 4.69) is 15.9 Å². The molecule has 0 spiro atoms. The van der Waals surface area contributed by atoms with Gasteiger partial charge in [-0.1, -0.05) is 28.1 Å². The molecule has 2 rings (SSSR count). The summed E-state index contributed by atoms with van der Waals surface area (Å²) in [6, 6.07) is 7.69. The molecule has 0 aliphatic carbocycles. The summed E-state index contributed by atoms with van der Waals surface area (Å²) in [5, 5.41) is 9.09. The van der Waals surface area contributed by atoms with Crippen LogP contribution in [0.4, 0.5) is 4.79 Å². The number of nitrogens with zero attached hydrogens (tertiary/aromatic N) is 2. The van der Waals surface area contributed by atoms with Crippen LogP contribution in [-0.4, -0.2) is 47.0 Å². The molecule has 1 aromatic carbocycles. The number of carboxylic acid groups (broad SMARTS) is 1. The molecule has 1 fully saturated rings. The first kappa shape index (κ1) is 15.8. The molecule has 0 unspecified atom stereocenters. The number of amides is 2. The molecular formula is C15H19BrN2O3. The van der Waals surface area contributed by atoms with E-state index in [1.54, 1.807) is 16.8 Å². The lowest BCUT2D eigenvalue weighted by Gasteiger charge is -2.33. The van der Waals surface area contributed by atoms with E-state index in [-0.39, 0.29) is 6.03 Å². The molecule has 1 heterocycles. The average molecular weight is 355 g/mol. The Labute approximate surface area is 132 Å². The van der Waals surface area contributed by atoms with E-state index in [0.717, 1.165) is 16.5 Å². The zero-order valence-electron chi connectivity index (χ0n) is 12.0. The van der Waals surface area contributed by atoms with Gasteiger partial charge in [0, 0.05) is 31.2 Å². The predicted molar refractivity (Wildman–Crippen MR) is 82.9 cm³/mol. The number of aliphatic carboxylic acids is 1. The second kappa shape index (κ2) is 6.93. The van der Waals surface area contributed by atoms with E-state index in [9.17, 15) is 9.59 Å². The topological polar surface area (TPSA) is 60.9 Å². The number of halogens is 1. The minimum Gasteiger partial charge on any atom is -0.481 e. The Kier molecular flexibility index (Phi) is 5.22. The maximum atomic E-state index is 12.4. The smallest absolute Gasteiger partial charge is 0.320 e. The number of benzene rings is 1. The summed E-state index contributed by atoms with van der Waals surface area (Å²) in [6.45, 7) is 1.44. The number of carbonyl (C=O) groups is 2. The highest BCUT2D eigenvalue weighted by Gasteiger charge is 2.29. The largest absolute Gasteiger partial charge is 0.481 e. The highest BCUT2D eigenvalue weighted by molar-refractivity contribution is 9.10. The van der Waals surface area contributed by atoms with Crippen molar-refractivity contribution in [2.24, 2.45) is 5.92 Å². The van der Waals surface area contributed by atoms with Gasteiger partial charge in [0.1, 0.15) is 0 Å². The normalized spacial score (nSPS) is 18.4. The molecule has 1 saturated heterocycles. The van der Waals surface area contributed by atoms with Crippen molar-refractivity contribution < 1.29 is 14.7 Å². The molecular weight excluding hydrogens is 336 g/mol. The van der Waals surface area contributed by atoms with Gasteiger partial charge in [0.05, 0.1) is 5.92 Å². The number of hydrogen-bond acceptors (Lipinski definition) is 2. The number of urea groups is 1. The Balaban J connectivity index is 1.97. The fourth-order valence-electron chi connectivity index (χ4n) is 2.57. The molecule has 0 aromatic heterocycles. The summed E-state index contributed by atoms with van der Waals surface area (Å²) in [6.07, 6.45) is 1.39. The number of likely N-dealkylation sites (tertiary alicyclic amines) is 1. The summed E-state index contributed by atoms with van der Waals surface area (Å²) in [7, 11) is 1.74. The van der Waals surface area contributed by atoms with Crippen LogP contribution in [-0.2, 0) is 11.3 Å². The molecule has 1 atom stereocenters. The van der Waals surface area contributed by atoms with E-state index in [0.29, 0.717) is 26.1 Å². The Morgan fingerprint density at radius 1 is 1.48 bits per heavy atom. The summed E-state index contributed by atoms with van der Waals surface area (Å²) in [5.74, 6) is -1.26. The number of carboxylic acids is 1. The van der Waals surface area contributed by atoms with Crippen LogP contribution in [0.3, 0.4) is 0 Å². The van der Waals surface area contributed by atoms with Gasteiger partial charge in [0.15, 0.2) is 0 Å². The Morgan fingerprint density at radius 3 is 2.90 bits per heavy atom. The first-order chi connectivity index (χ1) is 9.97. The monoisotopic (exact) mass is 354 g/mol. The summed E-state index contributed by atoms with van der Waals surface area (Å²) in [5.41, 5.74) is 1.03. The third-order valence-corrected chi connectivity index (χ3v) is 4.17. The molecule has 21 heavy (non-hydrogen) atoms. The van der Waals surface area contributed by atoms with Gasteiger partial charge in [0.2, 0.25) is 0 Å². The van der Waals surface area contributed by atoms with Crippen LogP contribution in [0.15, 0.2) is 28.7 Å². The minimum atomic E-state index is -0.817. The average Bonchev–Trinajstić information content (AvgIpc) is 2.46. The standard InChI is InChI=1S/C15H19BrN2O3/c1-17(9-11-4-2-6-13(16)8-11)15(21)18-7-3-5-12(10-18)14(19)20/h2,4,6,8,12H,3,5,7,9-10H2,1H3,(H,19,20)/t12-/m0/s1. The first-order valence-corrected chi connectivity index (χ1v) is 7.74. The van der Waals surface area contributed by atoms with Crippen molar-refractivity contribution in [3.8, 4) is 0 Å². The molecule has 114 valence electrons. The van der Waals surface area contributed by atoms with Gasteiger partial charge in [-0.05, 0) is 30.5 Å². The van der Waals surface area contributed by atoms with E-state index in [1.165, 1.54) is 0 Å². The van der Waals surface area contributed by atoms with Crippen LogP contribution in [0.25, 0.3) is 0 Å². The van der Waals surface area contributed by atoms with Crippen molar-refractivity contribution in [2.75, 3.05) is 20.1 Å². The Bertz CT molecular complexity index is 535. The molecule has 2 amide bonds. The van der Waals surface area contributed by atoms with Crippen molar-refractivity contribution in [3.05, 3.63) is 34.3 Å². The maximum Gasteiger partial charge on any atom is 0.320 e. The van der Waals surface area contributed by atoms with E-state index >= 15 is 0 Å². The SMILES string of the molecule is CN(Cc1cccc(Br)c1)C(=O)N1CCC[C@H](C(=O)O)C1. The van der Waals surface area contributed by atoms with Gasteiger partial charge < -0.3 is 14.9 Å². The summed E-state index contributed by atoms with van der Waals surface area (Å²) < 4.78 is 0.977. The molecule has 6 heteroatoms. The summed E-state index contributed by atoms with van der Waals surface area (Å²) >= 11 is 3.41. The number of rotatable bonds is 3. The molecule has 1 N–H and O–H groups in total. The van der Waals surface area contributed by atoms with Crippen LogP contribution >= 0.6 is 15.9 Å². The van der Waals surface area contributed by atoms with Crippen LogP contribution in [0.5, 0.6) is 0 Å². The molecule has 1 aliphatic heterocycles. The van der Waals surface area contributed by atoms with Crippen LogP contribution < -0.4 is 0 Å². The Morgan fingerprint density at radius 2 is 2.24 bits per heavy atom. The molecule has 5 nitrogen and oxygen atoms in total. The number of hydrogen-bond donors (Lipinski definition) is 1. The minimum absolute atomic E-state index is 0.110. The van der Waals surface area contributed by atoms with E-state index < -0.39 is 11.9 Å². The zero-order valence-corrected chi connectivity index (χ0v) is 13.5. The molecule has 0 saturated carbocycles. The van der Waals surface area contributed by atoms with Crippen molar-refractivity contribution in [1.82, 2.24) is 9.80 Å². The number of carbonyl (C=O) groups excluding carboxylic acids is 1. The van der Waals surface area contributed by atoms with Crippen LogP contribution in [0.1, 0.15) is 18.4 Å². The third-order valence-electron chi connectivity index (χ3n) is 3.68. The molecule has 1 aromatic rings. The first-order valence-electron chi connectivity index (χ1n) is 6.94. The van der Waals surface area contributed by atoms with Crippen molar-refractivity contribution in [2.45, 2.75) is 19.4 Å². The van der Waals surface area contributed by atoms with Crippen LogP contribution in [0, 0.1) is 5.92 Å². The van der Waals surface area contributed by atoms with Gasteiger partial charge in [0.25, 0.3) is 0 Å². The highest BCUT2D eigenvalue weighted by Crippen LogP contribution is 2.19. The molecule has 1 aliphatic rings. The lowest BCUT2D eigenvalue weighted by molar-refractivity contribution is -0.143. The molecule has 0 bridgehead atoms. The van der Waals surface area contributed by atoms with Crippen molar-refractivity contribution in [3.63, 3.8) is 0 Å². The van der Waals surface area contributed by atoms with E-state index in [4.69, 9.17) is 5.11 Å². The molecule has 0 radical (unpaired) electrons. The van der Waals surface area contributed by atoms with Gasteiger partial charge in [-0.25, -0.2) is 4.79 Å². The van der Waals surface area contributed by atoms with Gasteiger partial charge >= 0.3 is 12.0 Å². The quantitative estimate of drug-likeness (QED) is 0.907. The van der Waals surface area contributed by atoms with Crippen molar-refractivity contribution in [1.29, 1.82) is 0 Å². The summed E-state index contributed by atoms with van der Waals surface area (Å²) in [4.78, 5) is 26.7. The second-order valence-electron chi connectivity index (χ2n) is 5.39. The maximum absolute atomic E-state index is 12.4. The van der Waals surface area contributed by atoms with E-state index in [1.807, 2.05) is 24.3 Å². The fourth-order valence-corrected chi connectivity index (χ4v) is 3.02. The highest BCUT2D eigenvalue weighted by atomic mass is 79.9. The second-order valence-corrected chi connectivity index (χ2v) is 6.31.